The third-order valence-electron chi connectivity index (χ3n) is 12.1. The number of hydrogen-bond donors (Lipinski definition) is 0. The normalized spacial score (nSPS) is 12.4. The Morgan fingerprint density at radius 2 is 0.578 bits per heavy atom. The van der Waals surface area contributed by atoms with E-state index in [9.17, 15) is 14.4 Å². The van der Waals surface area contributed by atoms with E-state index in [1.807, 2.05) is 0 Å². The zero-order valence-corrected chi connectivity index (χ0v) is 42.6. The van der Waals surface area contributed by atoms with Crippen molar-refractivity contribution in [1.29, 1.82) is 0 Å². The van der Waals surface area contributed by atoms with Gasteiger partial charge >= 0.3 is 17.9 Å². The van der Waals surface area contributed by atoms with Crippen LogP contribution in [0.3, 0.4) is 0 Å². The van der Waals surface area contributed by atoms with E-state index >= 15 is 0 Å². The topological polar surface area (TPSA) is 78.9 Å². The van der Waals surface area contributed by atoms with Gasteiger partial charge in [0.15, 0.2) is 6.10 Å². The second-order valence-corrected chi connectivity index (χ2v) is 18.5. The smallest absolute Gasteiger partial charge is 0.306 e. The maximum Gasteiger partial charge on any atom is 0.306 e. The molecule has 0 fully saturated rings. The molecule has 0 aliphatic carbocycles. The highest BCUT2D eigenvalue weighted by molar-refractivity contribution is 5.71. The highest BCUT2D eigenvalue weighted by Crippen LogP contribution is 2.16. The maximum absolute atomic E-state index is 12.7. The fraction of sp³-hybridized carbons (Fsp3) is 0.810. The Bertz CT molecular complexity index is 1120. The lowest BCUT2D eigenvalue weighted by Crippen LogP contribution is -2.30. The highest BCUT2D eigenvalue weighted by Gasteiger charge is 2.19. The van der Waals surface area contributed by atoms with Crippen molar-refractivity contribution in [3.63, 3.8) is 0 Å². The summed E-state index contributed by atoms with van der Waals surface area (Å²) in [5.41, 5.74) is 0. The molecule has 372 valence electrons. The molecule has 0 saturated carbocycles. The molecule has 0 spiro atoms. The van der Waals surface area contributed by atoms with E-state index in [2.05, 4.69) is 69.4 Å². The number of rotatable bonds is 50. The van der Waals surface area contributed by atoms with Crippen LogP contribution in [0.1, 0.15) is 284 Å². The van der Waals surface area contributed by atoms with Crippen LogP contribution in [0.5, 0.6) is 0 Å². The summed E-state index contributed by atoms with van der Waals surface area (Å²) in [4.78, 5) is 37.7. The van der Waals surface area contributed by atoms with Gasteiger partial charge in [-0.15, -0.1) is 0 Å². The van der Waals surface area contributed by atoms with Gasteiger partial charge in [-0.05, 0) is 77.0 Å². The monoisotopic (exact) mass is 897 g/mol. The zero-order valence-electron chi connectivity index (χ0n) is 42.6. The first kappa shape index (κ1) is 61.4. The molecule has 0 aromatic rings. The molecule has 0 aromatic carbocycles. The number of hydrogen-bond acceptors (Lipinski definition) is 6. The Hall–Kier alpha value is -2.63. The van der Waals surface area contributed by atoms with Gasteiger partial charge in [-0.25, -0.2) is 0 Å². The molecule has 1 atom stereocenters. The molecule has 0 radical (unpaired) electrons. The van der Waals surface area contributed by atoms with Crippen molar-refractivity contribution in [1.82, 2.24) is 0 Å². The van der Waals surface area contributed by atoms with Gasteiger partial charge in [-0.2, -0.15) is 0 Å². The van der Waals surface area contributed by atoms with Crippen molar-refractivity contribution in [3.8, 4) is 0 Å². The van der Waals surface area contributed by atoms with Crippen LogP contribution < -0.4 is 0 Å². The minimum atomic E-state index is -0.774. The average Bonchev–Trinajstić information content (AvgIpc) is 3.29. The molecule has 0 aromatic heterocycles. The van der Waals surface area contributed by atoms with Crippen LogP contribution in [0.25, 0.3) is 0 Å². The van der Waals surface area contributed by atoms with Gasteiger partial charge in [0.2, 0.25) is 0 Å². The lowest BCUT2D eigenvalue weighted by molar-refractivity contribution is -0.167. The number of unbranched alkanes of at least 4 members (excludes halogenated alkanes) is 31. The number of carbonyl (C=O) groups excluding carboxylic acids is 3. The lowest BCUT2D eigenvalue weighted by atomic mass is 10.0. The van der Waals surface area contributed by atoms with Gasteiger partial charge in [0.05, 0.1) is 0 Å². The van der Waals surface area contributed by atoms with E-state index in [-0.39, 0.29) is 31.1 Å². The molecule has 0 rings (SSSR count). The number of allylic oxidation sites excluding steroid dienone is 8. The van der Waals surface area contributed by atoms with E-state index in [1.54, 1.807) is 0 Å². The Morgan fingerprint density at radius 3 is 0.906 bits per heavy atom. The second-order valence-electron chi connectivity index (χ2n) is 18.5. The van der Waals surface area contributed by atoms with Crippen LogP contribution in [-0.2, 0) is 28.6 Å². The number of carbonyl (C=O) groups is 3. The first-order valence-electron chi connectivity index (χ1n) is 27.6. The molecule has 0 amide bonds. The summed E-state index contributed by atoms with van der Waals surface area (Å²) in [5, 5.41) is 0. The third kappa shape index (κ3) is 50.4. The van der Waals surface area contributed by atoms with Crippen LogP contribution in [-0.4, -0.2) is 37.2 Å². The molecule has 64 heavy (non-hydrogen) atoms. The van der Waals surface area contributed by atoms with Crippen molar-refractivity contribution >= 4 is 17.9 Å². The molecule has 0 N–H and O–H groups in total. The molecule has 6 heteroatoms. The molecule has 0 heterocycles. The fourth-order valence-corrected chi connectivity index (χ4v) is 7.84. The largest absolute Gasteiger partial charge is 0.462 e. The number of esters is 3. The van der Waals surface area contributed by atoms with Gasteiger partial charge in [0.1, 0.15) is 13.2 Å². The summed E-state index contributed by atoms with van der Waals surface area (Å²) in [5.74, 6) is -0.898. The predicted molar refractivity (Wildman–Crippen MR) is 275 cm³/mol. The number of ether oxygens (including phenoxy) is 3. The first-order chi connectivity index (χ1) is 31.5. The van der Waals surface area contributed by atoms with Crippen LogP contribution in [0.4, 0.5) is 0 Å². The van der Waals surface area contributed by atoms with Crippen molar-refractivity contribution in [3.05, 3.63) is 48.6 Å². The van der Waals surface area contributed by atoms with Crippen LogP contribution >= 0.6 is 0 Å². The minimum absolute atomic E-state index is 0.0773. The Morgan fingerprint density at radius 1 is 0.312 bits per heavy atom. The summed E-state index contributed by atoms with van der Waals surface area (Å²) in [7, 11) is 0. The van der Waals surface area contributed by atoms with Gasteiger partial charge in [0, 0.05) is 19.3 Å². The Kier molecular flexibility index (Phi) is 50.8. The van der Waals surface area contributed by atoms with Gasteiger partial charge < -0.3 is 14.2 Å². The minimum Gasteiger partial charge on any atom is -0.462 e. The van der Waals surface area contributed by atoms with Crippen molar-refractivity contribution < 1.29 is 28.6 Å². The standard InChI is InChI=1S/C58H104O6/c1-4-7-10-13-15-17-19-21-23-24-25-26-27-28-29-30-31-32-33-34-35-37-38-40-42-45-48-51-57(60)63-54-55(53-62-56(59)50-47-44-12-9-6-3)64-58(61)52-49-46-43-41-39-36-22-20-18-16-14-11-8-5-2/h14,16,19-22,24-25,55H,4-13,15,17-18,23,26-54H2,1-3H3/b16-14-,21-19-,22-20-,25-24-. The van der Waals surface area contributed by atoms with E-state index < -0.39 is 6.10 Å². The molecule has 0 bridgehead atoms. The SMILES string of the molecule is CCCC/C=C\C/C=C\CCCCCCCC(=O)OC(COC(=O)CCCCCCC)COC(=O)CCCCCCCCCCCCCCCCC/C=C\C/C=C\CCCCCCC. The van der Waals surface area contributed by atoms with Gasteiger partial charge in [-0.1, -0.05) is 236 Å². The summed E-state index contributed by atoms with van der Waals surface area (Å²) in [6.45, 7) is 6.51. The molecule has 1 unspecified atom stereocenters. The van der Waals surface area contributed by atoms with Crippen LogP contribution in [0, 0.1) is 0 Å². The van der Waals surface area contributed by atoms with Gasteiger partial charge in [0.25, 0.3) is 0 Å². The lowest BCUT2D eigenvalue weighted by Gasteiger charge is -2.18. The summed E-state index contributed by atoms with van der Waals surface area (Å²) < 4.78 is 16.7. The first-order valence-corrected chi connectivity index (χ1v) is 27.6. The third-order valence-corrected chi connectivity index (χ3v) is 12.1. The van der Waals surface area contributed by atoms with E-state index in [0.29, 0.717) is 19.3 Å². The highest BCUT2D eigenvalue weighted by atomic mass is 16.6. The summed E-state index contributed by atoms with van der Waals surface area (Å²) in [6, 6.07) is 0. The van der Waals surface area contributed by atoms with Crippen molar-refractivity contribution in [2.24, 2.45) is 0 Å². The zero-order chi connectivity index (χ0) is 46.5. The van der Waals surface area contributed by atoms with Crippen LogP contribution in [0.15, 0.2) is 48.6 Å². The quantitative estimate of drug-likeness (QED) is 0.0262. The maximum atomic E-state index is 12.7. The summed E-state index contributed by atoms with van der Waals surface area (Å²) in [6.07, 6.45) is 64.4. The average molecular weight is 897 g/mol. The molecule has 0 saturated heterocycles. The van der Waals surface area contributed by atoms with Crippen molar-refractivity contribution in [2.45, 2.75) is 290 Å². The molecule has 0 aliphatic rings. The Balaban J connectivity index is 4.02. The Labute approximate surface area is 397 Å². The van der Waals surface area contributed by atoms with Gasteiger partial charge in [-0.3, -0.25) is 14.4 Å². The predicted octanol–water partition coefficient (Wildman–Crippen LogP) is 18.3. The molecular formula is C58H104O6. The molecule has 0 aliphatic heterocycles. The van der Waals surface area contributed by atoms with E-state index in [0.717, 1.165) is 96.3 Å². The van der Waals surface area contributed by atoms with Crippen molar-refractivity contribution in [2.75, 3.05) is 13.2 Å². The second kappa shape index (κ2) is 53.0. The van der Waals surface area contributed by atoms with Crippen LogP contribution in [0.2, 0.25) is 0 Å². The summed E-state index contributed by atoms with van der Waals surface area (Å²) >= 11 is 0. The molecule has 6 nitrogen and oxygen atoms in total. The molecular weight excluding hydrogens is 793 g/mol. The van der Waals surface area contributed by atoms with E-state index in [4.69, 9.17) is 14.2 Å². The fourth-order valence-electron chi connectivity index (χ4n) is 7.84. The van der Waals surface area contributed by atoms with E-state index in [1.165, 1.54) is 148 Å².